The van der Waals surface area contributed by atoms with Crippen LogP contribution in [0.2, 0.25) is 5.15 Å². The molecule has 0 radical (unpaired) electrons. The molecule has 4 heteroatoms. The van der Waals surface area contributed by atoms with Gasteiger partial charge in [0.05, 0.1) is 5.69 Å². The predicted octanol–water partition coefficient (Wildman–Crippen LogP) is 3.11. The van der Waals surface area contributed by atoms with Gasteiger partial charge in [-0.2, -0.15) is 0 Å². The minimum absolute atomic E-state index is 0.346. The zero-order chi connectivity index (χ0) is 8.85. The van der Waals surface area contributed by atoms with E-state index in [0.717, 1.165) is 4.47 Å². The average molecular weight is 238 g/mol. The molecule has 1 rings (SSSR count). The van der Waals surface area contributed by atoms with Crippen LogP contribution in [-0.4, -0.2) is 4.98 Å². The third-order valence-corrected chi connectivity index (χ3v) is 1.58. The fourth-order valence-corrected chi connectivity index (χ4v) is 0.891. The molecule has 0 amide bonds. The smallest absolute Gasteiger partial charge is 0.151 e. The average Bonchev–Trinajstić information content (AvgIpc) is 2.02. The van der Waals surface area contributed by atoms with Crippen molar-refractivity contribution in [2.45, 2.75) is 13.8 Å². The maximum absolute atomic E-state index is 5.52. The standard InChI is InChI=1S/C5H4BrClN2.C2H6/c6-3-1-4(8)5(7)9-2-3;1-2/h1-2H,8H2;1-2H3. The zero-order valence-electron chi connectivity index (χ0n) is 6.44. The van der Waals surface area contributed by atoms with Crippen molar-refractivity contribution in [1.82, 2.24) is 4.98 Å². The van der Waals surface area contributed by atoms with E-state index >= 15 is 0 Å². The van der Waals surface area contributed by atoms with Crippen molar-refractivity contribution >= 4 is 33.2 Å². The Balaban J connectivity index is 0.000000461. The van der Waals surface area contributed by atoms with Crippen molar-refractivity contribution in [2.75, 3.05) is 5.73 Å². The van der Waals surface area contributed by atoms with Gasteiger partial charge in [-0.15, -0.1) is 0 Å². The topological polar surface area (TPSA) is 38.9 Å². The number of hydrogen-bond acceptors (Lipinski definition) is 2. The Hall–Kier alpha value is -0.280. The first-order chi connectivity index (χ1) is 5.20. The SMILES string of the molecule is CC.Nc1cc(Br)cnc1Cl. The molecule has 0 aliphatic carbocycles. The van der Waals surface area contributed by atoms with E-state index in [1.165, 1.54) is 0 Å². The van der Waals surface area contributed by atoms with Crippen LogP contribution < -0.4 is 5.73 Å². The molecule has 0 aliphatic rings. The number of nitrogens with two attached hydrogens (primary N) is 1. The van der Waals surface area contributed by atoms with Crippen LogP contribution in [-0.2, 0) is 0 Å². The van der Waals surface area contributed by atoms with E-state index in [-0.39, 0.29) is 0 Å². The number of nitrogen functional groups attached to an aromatic ring is 1. The Morgan fingerprint density at radius 3 is 2.45 bits per heavy atom. The summed E-state index contributed by atoms with van der Waals surface area (Å²) in [5.41, 5.74) is 5.89. The van der Waals surface area contributed by atoms with Gasteiger partial charge in [0.2, 0.25) is 0 Å². The van der Waals surface area contributed by atoms with Gasteiger partial charge in [0.25, 0.3) is 0 Å². The molecule has 0 spiro atoms. The second kappa shape index (κ2) is 5.38. The minimum Gasteiger partial charge on any atom is -0.396 e. The quantitative estimate of drug-likeness (QED) is 0.704. The van der Waals surface area contributed by atoms with Crippen LogP contribution in [0.3, 0.4) is 0 Å². The van der Waals surface area contributed by atoms with E-state index in [0.29, 0.717) is 10.8 Å². The van der Waals surface area contributed by atoms with Crippen LogP contribution in [0.4, 0.5) is 5.69 Å². The van der Waals surface area contributed by atoms with Crippen LogP contribution in [0.15, 0.2) is 16.7 Å². The Kier molecular flexibility index (Phi) is 5.24. The van der Waals surface area contributed by atoms with Gasteiger partial charge in [0.1, 0.15) is 0 Å². The van der Waals surface area contributed by atoms with Crippen LogP contribution in [0.25, 0.3) is 0 Å². The summed E-state index contributed by atoms with van der Waals surface area (Å²) in [6, 6.07) is 1.70. The van der Waals surface area contributed by atoms with Crippen molar-refractivity contribution in [3.63, 3.8) is 0 Å². The summed E-state index contributed by atoms with van der Waals surface area (Å²) in [6.07, 6.45) is 1.60. The molecule has 0 aliphatic heterocycles. The van der Waals surface area contributed by atoms with Gasteiger partial charge in [-0.25, -0.2) is 4.98 Å². The van der Waals surface area contributed by atoms with Crippen LogP contribution in [0.5, 0.6) is 0 Å². The Bertz CT molecular complexity index is 228. The number of rotatable bonds is 0. The normalized spacial score (nSPS) is 8.36. The third kappa shape index (κ3) is 3.58. The first kappa shape index (κ1) is 10.7. The number of halogens is 2. The lowest BCUT2D eigenvalue weighted by Gasteiger charge is -1.94. The fourth-order valence-electron chi connectivity index (χ4n) is 0.438. The van der Waals surface area contributed by atoms with Gasteiger partial charge in [-0.1, -0.05) is 25.4 Å². The van der Waals surface area contributed by atoms with Gasteiger partial charge in [0, 0.05) is 10.7 Å². The lowest BCUT2D eigenvalue weighted by Crippen LogP contribution is -1.87. The molecule has 0 aromatic carbocycles. The lowest BCUT2D eigenvalue weighted by molar-refractivity contribution is 1.31. The number of aromatic nitrogens is 1. The van der Waals surface area contributed by atoms with Crippen molar-refractivity contribution in [1.29, 1.82) is 0 Å². The number of anilines is 1. The van der Waals surface area contributed by atoms with Crippen LogP contribution >= 0.6 is 27.5 Å². The van der Waals surface area contributed by atoms with E-state index in [4.69, 9.17) is 17.3 Å². The molecule has 2 N–H and O–H groups in total. The number of hydrogen-bond donors (Lipinski definition) is 1. The van der Waals surface area contributed by atoms with Crippen molar-refractivity contribution in [2.24, 2.45) is 0 Å². The van der Waals surface area contributed by atoms with E-state index in [1.807, 2.05) is 13.8 Å². The molecular weight excluding hydrogens is 227 g/mol. The number of nitrogens with zero attached hydrogens (tertiary/aromatic N) is 1. The van der Waals surface area contributed by atoms with Crippen molar-refractivity contribution < 1.29 is 0 Å². The van der Waals surface area contributed by atoms with Crippen LogP contribution in [0.1, 0.15) is 13.8 Å². The molecule has 1 aromatic rings. The second-order valence-electron chi connectivity index (χ2n) is 1.53. The fraction of sp³-hybridized carbons (Fsp3) is 0.286. The molecule has 11 heavy (non-hydrogen) atoms. The highest BCUT2D eigenvalue weighted by Gasteiger charge is 1.94. The van der Waals surface area contributed by atoms with Gasteiger partial charge in [-0.3, -0.25) is 0 Å². The summed E-state index contributed by atoms with van der Waals surface area (Å²) in [4.78, 5) is 3.77. The maximum Gasteiger partial charge on any atom is 0.151 e. The van der Waals surface area contributed by atoms with Gasteiger partial charge in [0.15, 0.2) is 5.15 Å². The first-order valence-corrected chi connectivity index (χ1v) is 4.44. The molecule has 0 saturated carbocycles. The van der Waals surface area contributed by atoms with Crippen LogP contribution in [0, 0.1) is 0 Å². The van der Waals surface area contributed by atoms with Crippen molar-refractivity contribution in [3.8, 4) is 0 Å². The second-order valence-corrected chi connectivity index (χ2v) is 2.81. The van der Waals surface area contributed by atoms with Gasteiger partial charge < -0.3 is 5.73 Å². The summed E-state index contributed by atoms with van der Waals surface area (Å²) in [7, 11) is 0. The molecule has 0 unspecified atom stereocenters. The first-order valence-electron chi connectivity index (χ1n) is 3.26. The lowest BCUT2D eigenvalue weighted by atomic mass is 10.4. The van der Waals surface area contributed by atoms with Crippen molar-refractivity contribution in [3.05, 3.63) is 21.9 Å². The maximum atomic E-state index is 5.52. The summed E-state index contributed by atoms with van der Waals surface area (Å²) < 4.78 is 0.837. The zero-order valence-corrected chi connectivity index (χ0v) is 8.78. The highest BCUT2D eigenvalue weighted by molar-refractivity contribution is 9.10. The number of pyridine rings is 1. The summed E-state index contributed by atoms with van der Waals surface area (Å²) in [5.74, 6) is 0. The molecule has 0 bridgehead atoms. The van der Waals surface area contributed by atoms with E-state index in [2.05, 4.69) is 20.9 Å². The molecule has 0 fully saturated rings. The van der Waals surface area contributed by atoms with Gasteiger partial charge in [-0.05, 0) is 22.0 Å². The Morgan fingerprint density at radius 2 is 2.09 bits per heavy atom. The Labute approximate surface area is 79.9 Å². The monoisotopic (exact) mass is 236 g/mol. The molecule has 1 aromatic heterocycles. The minimum atomic E-state index is 0.346. The molecule has 1 heterocycles. The summed E-state index contributed by atoms with van der Waals surface area (Å²) in [6.45, 7) is 4.00. The highest BCUT2D eigenvalue weighted by Crippen LogP contribution is 2.18. The van der Waals surface area contributed by atoms with E-state index in [1.54, 1.807) is 12.3 Å². The van der Waals surface area contributed by atoms with Gasteiger partial charge >= 0.3 is 0 Å². The Morgan fingerprint density at radius 1 is 1.55 bits per heavy atom. The molecule has 62 valence electrons. The molecule has 0 saturated heterocycles. The van der Waals surface area contributed by atoms with E-state index < -0.39 is 0 Å². The molecular formula is C7H10BrClN2. The van der Waals surface area contributed by atoms with E-state index in [9.17, 15) is 0 Å². The summed E-state index contributed by atoms with van der Waals surface area (Å²) >= 11 is 8.72. The highest BCUT2D eigenvalue weighted by atomic mass is 79.9. The molecule has 0 atom stereocenters. The summed E-state index contributed by atoms with van der Waals surface area (Å²) in [5, 5.41) is 0.346. The predicted molar refractivity (Wildman–Crippen MR) is 52.7 cm³/mol. The molecule has 2 nitrogen and oxygen atoms in total. The largest absolute Gasteiger partial charge is 0.396 e. The third-order valence-electron chi connectivity index (χ3n) is 0.833.